The standard InChI is InChI=1S/C29H27N5O3/c35-24-8-1-4-18-15-34(23-7-2-6-22(32-24)26(18)23)16-25(36)31-20-10-9-17-13-29(14-19(17)12-20)21-5-3-11-30-27(21)33-28(29)37/h2-3,5-7,9-12,18H,1,4,8,13-16H2,(H,31,36)(H,32,35)(H,30,33,37)/t18?,29-/m0/s1. The number of nitrogens with zero attached hydrogens (tertiary/aromatic N) is 2. The number of hydrogen-bond acceptors (Lipinski definition) is 5. The van der Waals surface area contributed by atoms with Crippen molar-refractivity contribution in [3.63, 3.8) is 0 Å². The number of pyridine rings is 1. The SMILES string of the molecule is O=C(CN1CC2CCCC(=O)Nc3cccc1c32)Nc1ccc2c(c1)C[C@]1(C2)C(=O)Nc2ncccc21. The van der Waals surface area contributed by atoms with Crippen LogP contribution < -0.4 is 20.9 Å². The summed E-state index contributed by atoms with van der Waals surface area (Å²) in [6, 6.07) is 15.7. The Morgan fingerprint density at radius 3 is 2.89 bits per heavy atom. The summed E-state index contributed by atoms with van der Waals surface area (Å²) in [5.41, 5.74) is 6.31. The Labute approximate surface area is 214 Å². The summed E-state index contributed by atoms with van der Waals surface area (Å²) in [7, 11) is 0. The maximum absolute atomic E-state index is 13.1. The smallest absolute Gasteiger partial charge is 0.243 e. The Hall–Kier alpha value is -4.20. The number of carbonyl (C=O) groups excluding carboxylic acids is 3. The number of benzene rings is 2. The van der Waals surface area contributed by atoms with Crippen LogP contribution in [0.3, 0.4) is 0 Å². The van der Waals surface area contributed by atoms with Crippen molar-refractivity contribution in [1.82, 2.24) is 4.98 Å². The van der Waals surface area contributed by atoms with Crippen molar-refractivity contribution in [2.45, 2.75) is 43.4 Å². The minimum atomic E-state index is -0.625. The van der Waals surface area contributed by atoms with E-state index in [4.69, 9.17) is 0 Å². The lowest BCUT2D eigenvalue weighted by molar-refractivity contribution is -0.120. The highest BCUT2D eigenvalue weighted by molar-refractivity contribution is 6.06. The van der Waals surface area contributed by atoms with E-state index >= 15 is 0 Å². The molecule has 0 radical (unpaired) electrons. The molecular weight excluding hydrogens is 466 g/mol. The zero-order valence-corrected chi connectivity index (χ0v) is 20.3. The predicted molar refractivity (Wildman–Crippen MR) is 141 cm³/mol. The number of rotatable bonds is 3. The van der Waals surface area contributed by atoms with Crippen LogP contribution in [0.25, 0.3) is 0 Å². The normalized spacial score (nSPS) is 23.0. The lowest BCUT2D eigenvalue weighted by Crippen LogP contribution is -2.35. The zero-order valence-electron chi connectivity index (χ0n) is 20.3. The third-order valence-electron chi connectivity index (χ3n) is 8.30. The highest BCUT2D eigenvalue weighted by atomic mass is 16.2. The van der Waals surface area contributed by atoms with E-state index in [-0.39, 0.29) is 24.3 Å². The van der Waals surface area contributed by atoms with E-state index in [0.29, 0.717) is 31.0 Å². The van der Waals surface area contributed by atoms with Gasteiger partial charge in [-0.3, -0.25) is 14.4 Å². The quantitative estimate of drug-likeness (QED) is 0.516. The molecule has 0 bridgehead atoms. The molecule has 0 fully saturated rings. The third kappa shape index (κ3) is 3.50. The van der Waals surface area contributed by atoms with Gasteiger partial charge in [-0.15, -0.1) is 0 Å². The summed E-state index contributed by atoms with van der Waals surface area (Å²) in [6.07, 6.45) is 5.23. The fourth-order valence-electron chi connectivity index (χ4n) is 6.65. The molecule has 8 nitrogen and oxygen atoms in total. The third-order valence-corrected chi connectivity index (χ3v) is 8.30. The molecule has 2 atom stereocenters. The maximum atomic E-state index is 13.1. The average molecular weight is 494 g/mol. The van der Waals surface area contributed by atoms with E-state index < -0.39 is 5.41 Å². The summed E-state index contributed by atoms with van der Waals surface area (Å²) in [6.45, 7) is 1.01. The number of hydrogen-bond donors (Lipinski definition) is 3. The molecule has 2 aromatic carbocycles. The lowest BCUT2D eigenvalue weighted by Gasteiger charge is -2.20. The monoisotopic (exact) mass is 493 g/mol. The molecule has 0 saturated carbocycles. The molecule has 4 heterocycles. The van der Waals surface area contributed by atoms with Gasteiger partial charge in [-0.05, 0) is 67.1 Å². The van der Waals surface area contributed by atoms with Crippen molar-refractivity contribution >= 4 is 40.6 Å². The summed E-state index contributed by atoms with van der Waals surface area (Å²) in [5, 5.41) is 9.05. The van der Waals surface area contributed by atoms with Gasteiger partial charge < -0.3 is 20.9 Å². The molecule has 3 amide bonds. The lowest BCUT2D eigenvalue weighted by atomic mass is 9.79. The first-order valence-corrected chi connectivity index (χ1v) is 12.9. The van der Waals surface area contributed by atoms with Crippen molar-refractivity contribution < 1.29 is 14.4 Å². The van der Waals surface area contributed by atoms with Gasteiger partial charge in [-0.2, -0.15) is 0 Å². The van der Waals surface area contributed by atoms with Crippen LogP contribution in [0.2, 0.25) is 0 Å². The molecule has 1 spiro atoms. The molecular formula is C29H27N5O3. The molecule has 8 heteroatoms. The second-order valence-corrected chi connectivity index (χ2v) is 10.6. The average Bonchev–Trinajstić information content (AvgIpc) is 3.51. The molecule has 3 aromatic rings. The van der Waals surface area contributed by atoms with E-state index in [1.165, 1.54) is 0 Å². The van der Waals surface area contributed by atoms with E-state index in [0.717, 1.165) is 58.7 Å². The Morgan fingerprint density at radius 1 is 1.08 bits per heavy atom. The van der Waals surface area contributed by atoms with Gasteiger partial charge in [-0.1, -0.05) is 18.2 Å². The van der Waals surface area contributed by atoms with Crippen molar-refractivity contribution in [2.75, 3.05) is 33.9 Å². The first kappa shape index (κ1) is 22.0. The maximum Gasteiger partial charge on any atom is 0.243 e. The van der Waals surface area contributed by atoms with E-state index in [2.05, 4.69) is 25.8 Å². The van der Waals surface area contributed by atoms with Crippen molar-refractivity contribution in [1.29, 1.82) is 0 Å². The Morgan fingerprint density at radius 2 is 1.97 bits per heavy atom. The van der Waals surface area contributed by atoms with Gasteiger partial charge >= 0.3 is 0 Å². The van der Waals surface area contributed by atoms with Crippen LogP contribution in [0.15, 0.2) is 54.7 Å². The second-order valence-electron chi connectivity index (χ2n) is 10.6. The number of amides is 3. The molecule has 7 rings (SSSR count). The summed E-state index contributed by atoms with van der Waals surface area (Å²) in [4.78, 5) is 44.7. The topological polar surface area (TPSA) is 103 Å². The molecule has 3 aliphatic heterocycles. The highest BCUT2D eigenvalue weighted by Gasteiger charge is 2.51. The summed E-state index contributed by atoms with van der Waals surface area (Å²) >= 11 is 0. The Kier molecular flexibility index (Phi) is 4.86. The van der Waals surface area contributed by atoms with E-state index in [1.807, 2.05) is 48.5 Å². The van der Waals surface area contributed by atoms with Crippen molar-refractivity contribution in [3.8, 4) is 0 Å². The van der Waals surface area contributed by atoms with Crippen LogP contribution >= 0.6 is 0 Å². The minimum Gasteiger partial charge on any atom is -0.361 e. The first-order valence-electron chi connectivity index (χ1n) is 12.9. The van der Waals surface area contributed by atoms with E-state index in [9.17, 15) is 14.4 Å². The molecule has 1 aliphatic carbocycles. The van der Waals surface area contributed by atoms with Crippen LogP contribution in [0, 0.1) is 0 Å². The van der Waals surface area contributed by atoms with Crippen LogP contribution in [-0.2, 0) is 32.6 Å². The molecule has 3 N–H and O–H groups in total. The second kappa shape index (κ2) is 8.16. The molecule has 1 unspecified atom stereocenters. The molecule has 37 heavy (non-hydrogen) atoms. The largest absolute Gasteiger partial charge is 0.361 e. The number of aromatic nitrogens is 1. The van der Waals surface area contributed by atoms with Gasteiger partial charge in [0.2, 0.25) is 17.7 Å². The van der Waals surface area contributed by atoms with Crippen molar-refractivity contribution in [2.24, 2.45) is 0 Å². The minimum absolute atomic E-state index is 0.00949. The van der Waals surface area contributed by atoms with Crippen LogP contribution in [0.1, 0.15) is 47.4 Å². The number of anilines is 4. The molecule has 186 valence electrons. The Balaban J connectivity index is 1.08. The van der Waals surface area contributed by atoms with Gasteiger partial charge in [0.25, 0.3) is 0 Å². The number of carbonyl (C=O) groups is 3. The summed E-state index contributed by atoms with van der Waals surface area (Å²) in [5.74, 6) is 0.916. The van der Waals surface area contributed by atoms with Gasteiger partial charge in [0.1, 0.15) is 5.82 Å². The van der Waals surface area contributed by atoms with Gasteiger partial charge in [0.05, 0.1) is 12.0 Å². The first-order chi connectivity index (χ1) is 18.0. The van der Waals surface area contributed by atoms with Gasteiger partial charge in [0.15, 0.2) is 0 Å². The Bertz CT molecular complexity index is 1480. The van der Waals surface area contributed by atoms with Crippen LogP contribution in [0.4, 0.5) is 22.9 Å². The van der Waals surface area contributed by atoms with Crippen LogP contribution in [-0.4, -0.2) is 35.8 Å². The van der Waals surface area contributed by atoms with Gasteiger partial charge in [0, 0.05) is 53.3 Å². The molecule has 4 aliphatic rings. The fourth-order valence-corrected chi connectivity index (χ4v) is 6.65. The predicted octanol–water partition coefficient (Wildman–Crippen LogP) is 3.74. The van der Waals surface area contributed by atoms with Crippen molar-refractivity contribution in [3.05, 3.63) is 77.0 Å². The van der Waals surface area contributed by atoms with Gasteiger partial charge in [-0.25, -0.2) is 4.98 Å². The van der Waals surface area contributed by atoms with E-state index in [1.54, 1.807) is 6.20 Å². The molecule has 1 aromatic heterocycles. The van der Waals surface area contributed by atoms with Crippen LogP contribution in [0.5, 0.6) is 0 Å². The molecule has 0 saturated heterocycles. The number of fused-ring (bicyclic) bond motifs is 3. The fraction of sp³-hybridized carbons (Fsp3) is 0.310. The highest BCUT2D eigenvalue weighted by Crippen LogP contribution is 2.47. The zero-order chi connectivity index (χ0) is 25.1. The number of nitrogens with one attached hydrogen (secondary N) is 3. The summed E-state index contributed by atoms with van der Waals surface area (Å²) < 4.78 is 0.